The van der Waals surface area contributed by atoms with Crippen molar-refractivity contribution < 1.29 is 0 Å². The summed E-state index contributed by atoms with van der Waals surface area (Å²) in [7, 11) is 0. The molecule has 9 nitrogen and oxygen atoms in total. The Hall–Kier alpha value is -3.67. The maximum atomic E-state index is 9.11. The molecule has 0 aliphatic carbocycles. The Bertz CT molecular complexity index is 1130. The van der Waals surface area contributed by atoms with Crippen molar-refractivity contribution in [2.45, 2.75) is 19.8 Å². The summed E-state index contributed by atoms with van der Waals surface area (Å²) in [6, 6.07) is 9.93. The number of anilines is 2. The van der Waals surface area contributed by atoms with Gasteiger partial charge in [-0.05, 0) is 31.9 Å². The summed E-state index contributed by atoms with van der Waals surface area (Å²) in [5.41, 5.74) is 8.47. The third kappa shape index (κ3) is 2.67. The monoisotopic (exact) mass is 347 g/mol. The van der Waals surface area contributed by atoms with E-state index in [1.165, 1.54) is 0 Å². The second-order valence-corrected chi connectivity index (χ2v) is 5.95. The number of para-hydroxylation sites is 1. The van der Waals surface area contributed by atoms with Gasteiger partial charge in [-0.1, -0.05) is 12.1 Å². The Balaban J connectivity index is 1.54. The van der Waals surface area contributed by atoms with Crippen LogP contribution in [0.2, 0.25) is 0 Å². The zero-order chi connectivity index (χ0) is 18.1. The molecule has 0 amide bonds. The first-order valence-corrected chi connectivity index (χ1v) is 8.26. The molecule has 0 fully saturated rings. The lowest BCUT2D eigenvalue weighted by Gasteiger charge is -2.08. The Labute approximate surface area is 148 Å². The van der Waals surface area contributed by atoms with Crippen molar-refractivity contribution in [1.29, 1.82) is 5.26 Å². The number of aromatic nitrogens is 6. The van der Waals surface area contributed by atoms with Crippen LogP contribution in [0.25, 0.3) is 16.6 Å². The molecule has 0 saturated heterocycles. The van der Waals surface area contributed by atoms with E-state index in [4.69, 9.17) is 11.0 Å². The first kappa shape index (κ1) is 15.8. The lowest BCUT2D eigenvalue weighted by atomic mass is 10.1. The van der Waals surface area contributed by atoms with E-state index < -0.39 is 0 Å². The number of nitriles is 1. The number of fused-ring (bicyclic) bond motifs is 3. The number of hydrogen-bond acceptors (Lipinski definition) is 7. The number of H-pyrrole nitrogens is 1. The van der Waals surface area contributed by atoms with Gasteiger partial charge >= 0.3 is 0 Å². The van der Waals surface area contributed by atoms with Crippen LogP contribution in [0, 0.1) is 18.3 Å². The molecule has 9 heteroatoms. The Morgan fingerprint density at radius 2 is 2.15 bits per heavy atom. The Morgan fingerprint density at radius 3 is 3.00 bits per heavy atom. The van der Waals surface area contributed by atoms with E-state index >= 15 is 0 Å². The first-order valence-electron chi connectivity index (χ1n) is 8.26. The van der Waals surface area contributed by atoms with Gasteiger partial charge in [0.1, 0.15) is 17.5 Å². The number of benzene rings is 1. The van der Waals surface area contributed by atoms with Crippen molar-refractivity contribution in [2.75, 3.05) is 17.6 Å². The van der Waals surface area contributed by atoms with Crippen LogP contribution >= 0.6 is 0 Å². The highest BCUT2D eigenvalue weighted by Crippen LogP contribution is 2.20. The van der Waals surface area contributed by atoms with Crippen LogP contribution < -0.4 is 11.1 Å². The van der Waals surface area contributed by atoms with Crippen LogP contribution in [0.5, 0.6) is 0 Å². The minimum atomic E-state index is 0.242. The molecule has 4 N–H and O–H groups in total. The molecule has 0 aliphatic rings. The molecule has 0 saturated carbocycles. The van der Waals surface area contributed by atoms with Gasteiger partial charge in [-0.2, -0.15) is 14.9 Å². The second-order valence-electron chi connectivity index (χ2n) is 5.95. The van der Waals surface area contributed by atoms with Crippen LogP contribution in [0.1, 0.15) is 23.5 Å². The molecule has 130 valence electrons. The number of nitrogens with zero attached hydrogens (tertiary/aromatic N) is 6. The molecule has 0 atom stereocenters. The van der Waals surface area contributed by atoms with E-state index in [2.05, 4.69) is 36.7 Å². The topological polar surface area (TPSA) is 134 Å². The number of nitrogen functional groups attached to an aromatic ring is 1. The SMILES string of the molecule is Cc1nc2c3ccccc3nc(NCCCc3[nH]nc(N)c3C#N)n2n1. The van der Waals surface area contributed by atoms with Crippen molar-refractivity contribution in [3.63, 3.8) is 0 Å². The van der Waals surface area contributed by atoms with Gasteiger partial charge in [0.15, 0.2) is 11.5 Å². The van der Waals surface area contributed by atoms with Crippen LogP contribution in [0.15, 0.2) is 24.3 Å². The molecule has 1 aromatic carbocycles. The van der Waals surface area contributed by atoms with Gasteiger partial charge in [0.25, 0.3) is 0 Å². The third-order valence-corrected chi connectivity index (χ3v) is 4.15. The average Bonchev–Trinajstić information content (AvgIpc) is 3.21. The molecular formula is C17H17N9. The highest BCUT2D eigenvalue weighted by Gasteiger charge is 2.12. The normalized spacial score (nSPS) is 11.1. The molecule has 0 bridgehead atoms. The van der Waals surface area contributed by atoms with Gasteiger partial charge in [-0.25, -0.2) is 9.97 Å². The van der Waals surface area contributed by atoms with Gasteiger partial charge in [-0.3, -0.25) is 5.10 Å². The lowest BCUT2D eigenvalue weighted by molar-refractivity contribution is 0.808. The van der Waals surface area contributed by atoms with E-state index in [-0.39, 0.29) is 5.82 Å². The molecule has 0 spiro atoms. The van der Waals surface area contributed by atoms with E-state index in [0.29, 0.717) is 30.3 Å². The van der Waals surface area contributed by atoms with Gasteiger partial charge in [0.05, 0.1) is 11.2 Å². The number of aromatic amines is 1. The number of aryl methyl sites for hydroxylation is 2. The maximum Gasteiger partial charge on any atom is 0.226 e. The summed E-state index contributed by atoms with van der Waals surface area (Å²) < 4.78 is 1.73. The molecule has 3 heterocycles. The molecular weight excluding hydrogens is 330 g/mol. The van der Waals surface area contributed by atoms with Gasteiger partial charge in [0, 0.05) is 11.9 Å². The summed E-state index contributed by atoms with van der Waals surface area (Å²) in [5, 5.41) is 24.5. The third-order valence-electron chi connectivity index (χ3n) is 4.15. The summed E-state index contributed by atoms with van der Waals surface area (Å²) in [6.45, 7) is 2.51. The van der Waals surface area contributed by atoms with Crippen LogP contribution in [-0.4, -0.2) is 36.3 Å². The van der Waals surface area contributed by atoms with E-state index in [1.54, 1.807) is 4.52 Å². The van der Waals surface area contributed by atoms with Crippen molar-refractivity contribution in [2.24, 2.45) is 0 Å². The maximum absolute atomic E-state index is 9.11. The zero-order valence-corrected chi connectivity index (χ0v) is 14.2. The van der Waals surface area contributed by atoms with Crippen molar-refractivity contribution >= 4 is 28.3 Å². The first-order chi connectivity index (χ1) is 12.7. The largest absolute Gasteiger partial charge is 0.381 e. The number of nitrogens with two attached hydrogens (primary N) is 1. The summed E-state index contributed by atoms with van der Waals surface area (Å²) >= 11 is 0. The van der Waals surface area contributed by atoms with E-state index in [9.17, 15) is 0 Å². The lowest BCUT2D eigenvalue weighted by Crippen LogP contribution is -2.10. The molecule has 4 rings (SSSR count). The fourth-order valence-electron chi connectivity index (χ4n) is 2.94. The molecule has 0 aliphatic heterocycles. The molecule has 4 aromatic rings. The summed E-state index contributed by atoms with van der Waals surface area (Å²) in [6.07, 6.45) is 1.44. The minimum Gasteiger partial charge on any atom is -0.381 e. The zero-order valence-electron chi connectivity index (χ0n) is 14.2. The highest BCUT2D eigenvalue weighted by atomic mass is 15.4. The predicted octanol–water partition coefficient (Wildman–Crippen LogP) is 1.81. The van der Waals surface area contributed by atoms with Gasteiger partial charge in [0.2, 0.25) is 5.95 Å². The quantitative estimate of drug-likeness (QED) is 0.469. The van der Waals surface area contributed by atoms with Crippen LogP contribution in [0.3, 0.4) is 0 Å². The van der Waals surface area contributed by atoms with Crippen molar-refractivity contribution in [3.8, 4) is 6.07 Å². The summed E-state index contributed by atoms with van der Waals surface area (Å²) in [4.78, 5) is 9.17. The standard InChI is InChI=1S/C17H17N9/c1-10-21-16-11-5-2-3-6-13(11)22-17(26(16)25-10)20-8-4-7-14-12(9-18)15(19)24-23-14/h2-3,5-6H,4,7-8H2,1H3,(H,20,22)(H3,19,23,24). The second kappa shape index (κ2) is 6.33. The number of rotatable bonds is 5. The summed E-state index contributed by atoms with van der Waals surface area (Å²) in [5.74, 6) is 1.58. The Kier molecular flexibility index (Phi) is 3.85. The van der Waals surface area contributed by atoms with E-state index in [0.717, 1.165) is 28.7 Å². The van der Waals surface area contributed by atoms with Gasteiger partial charge < -0.3 is 11.1 Å². The number of hydrogen-bond donors (Lipinski definition) is 3. The van der Waals surface area contributed by atoms with Crippen molar-refractivity contribution in [1.82, 2.24) is 29.8 Å². The fraction of sp³-hybridized carbons (Fsp3) is 0.235. The fourth-order valence-corrected chi connectivity index (χ4v) is 2.94. The smallest absolute Gasteiger partial charge is 0.226 e. The van der Waals surface area contributed by atoms with E-state index in [1.807, 2.05) is 31.2 Å². The predicted molar refractivity (Wildman–Crippen MR) is 97.6 cm³/mol. The van der Waals surface area contributed by atoms with Crippen LogP contribution in [-0.2, 0) is 6.42 Å². The molecule has 0 radical (unpaired) electrons. The number of nitrogens with one attached hydrogen (secondary N) is 2. The Morgan fingerprint density at radius 1 is 1.31 bits per heavy atom. The highest BCUT2D eigenvalue weighted by molar-refractivity contribution is 5.92. The molecule has 26 heavy (non-hydrogen) atoms. The van der Waals surface area contributed by atoms with Crippen LogP contribution in [0.4, 0.5) is 11.8 Å². The van der Waals surface area contributed by atoms with Crippen molar-refractivity contribution in [3.05, 3.63) is 41.3 Å². The van der Waals surface area contributed by atoms with Gasteiger partial charge in [-0.15, -0.1) is 5.10 Å². The average molecular weight is 347 g/mol. The minimum absolute atomic E-state index is 0.242. The molecule has 0 unspecified atom stereocenters. The molecule has 3 aromatic heterocycles.